The van der Waals surface area contributed by atoms with Crippen LogP contribution in [0.5, 0.6) is 0 Å². The van der Waals surface area contributed by atoms with Crippen LogP contribution in [0.2, 0.25) is 0 Å². The summed E-state index contributed by atoms with van der Waals surface area (Å²) in [7, 11) is -3.71. The lowest BCUT2D eigenvalue weighted by Crippen LogP contribution is -2.48. The largest absolute Gasteiger partial charge is 0.480 e. The number of rotatable bonds is 6. The summed E-state index contributed by atoms with van der Waals surface area (Å²) in [6.45, 7) is 6.08. The van der Waals surface area contributed by atoms with Crippen LogP contribution in [0.1, 0.15) is 27.7 Å². The molecule has 0 atom stereocenters. The number of carbonyl (C=O) groups is 1. The highest BCUT2D eigenvalue weighted by Crippen LogP contribution is 2.05. The van der Waals surface area contributed by atoms with E-state index in [0.717, 1.165) is 4.31 Å². The van der Waals surface area contributed by atoms with Gasteiger partial charge in [-0.3, -0.25) is 4.79 Å². The van der Waals surface area contributed by atoms with Gasteiger partial charge in [-0.1, -0.05) is 0 Å². The van der Waals surface area contributed by atoms with E-state index in [-0.39, 0.29) is 6.04 Å². The minimum Gasteiger partial charge on any atom is -0.480 e. The van der Waals surface area contributed by atoms with Crippen molar-refractivity contribution in [1.82, 2.24) is 9.03 Å². The third-order valence-electron chi connectivity index (χ3n) is 1.56. The Balaban J connectivity index is 4.83. The molecule has 0 bridgehead atoms. The molecule has 0 aromatic carbocycles. The summed E-state index contributed by atoms with van der Waals surface area (Å²) in [5, 5.41) is 8.60. The van der Waals surface area contributed by atoms with Gasteiger partial charge in [0, 0.05) is 12.1 Å². The zero-order valence-electron chi connectivity index (χ0n) is 9.39. The van der Waals surface area contributed by atoms with Crippen LogP contribution in [-0.4, -0.2) is 42.4 Å². The molecular weight excluding hydrogens is 220 g/mol. The number of carboxylic acid groups (broad SMARTS) is 1. The van der Waals surface area contributed by atoms with E-state index in [1.54, 1.807) is 27.7 Å². The summed E-state index contributed by atoms with van der Waals surface area (Å²) in [6, 6.07) is -0.651. The Morgan fingerprint density at radius 2 is 1.80 bits per heavy atom. The van der Waals surface area contributed by atoms with Gasteiger partial charge in [-0.15, -0.1) is 0 Å². The van der Waals surface area contributed by atoms with Crippen LogP contribution in [0.25, 0.3) is 0 Å². The average molecular weight is 238 g/mol. The molecule has 2 N–H and O–H groups in total. The number of nitrogens with zero attached hydrogens (tertiary/aromatic N) is 1. The maximum atomic E-state index is 11.7. The molecule has 0 aromatic heterocycles. The van der Waals surface area contributed by atoms with Crippen LogP contribution < -0.4 is 4.72 Å². The molecule has 15 heavy (non-hydrogen) atoms. The number of nitrogens with one attached hydrogen (secondary N) is 1. The quantitative estimate of drug-likeness (QED) is 0.683. The van der Waals surface area contributed by atoms with Gasteiger partial charge < -0.3 is 5.11 Å². The van der Waals surface area contributed by atoms with E-state index in [0.29, 0.717) is 0 Å². The van der Waals surface area contributed by atoms with Crippen LogP contribution in [0.3, 0.4) is 0 Å². The molecule has 7 heteroatoms. The van der Waals surface area contributed by atoms with Gasteiger partial charge in [0.25, 0.3) is 10.2 Å². The number of hydrogen-bond donors (Lipinski definition) is 2. The van der Waals surface area contributed by atoms with Crippen molar-refractivity contribution in [3.8, 4) is 0 Å². The van der Waals surface area contributed by atoms with Gasteiger partial charge in [0.1, 0.15) is 6.54 Å². The van der Waals surface area contributed by atoms with Crippen LogP contribution in [0.15, 0.2) is 0 Å². The molecule has 0 amide bonds. The highest BCUT2D eigenvalue weighted by atomic mass is 32.2. The number of aliphatic carboxylic acids is 1. The van der Waals surface area contributed by atoms with Gasteiger partial charge in [-0.05, 0) is 27.7 Å². The maximum absolute atomic E-state index is 11.7. The molecule has 0 saturated heterocycles. The molecule has 0 spiro atoms. The lowest BCUT2D eigenvalue weighted by Gasteiger charge is -2.25. The van der Waals surface area contributed by atoms with Crippen molar-refractivity contribution >= 4 is 16.2 Å². The molecule has 6 nitrogen and oxygen atoms in total. The second kappa shape index (κ2) is 5.43. The van der Waals surface area contributed by atoms with E-state index in [9.17, 15) is 13.2 Å². The van der Waals surface area contributed by atoms with Crippen molar-refractivity contribution in [2.45, 2.75) is 39.8 Å². The van der Waals surface area contributed by atoms with E-state index in [1.807, 2.05) is 0 Å². The van der Waals surface area contributed by atoms with E-state index >= 15 is 0 Å². The summed E-state index contributed by atoms with van der Waals surface area (Å²) in [5.41, 5.74) is 0. The predicted octanol–water partition coefficient (Wildman–Crippen LogP) is 0.0242. The molecule has 0 aliphatic rings. The summed E-state index contributed by atoms with van der Waals surface area (Å²) < 4.78 is 26.6. The summed E-state index contributed by atoms with van der Waals surface area (Å²) in [6.07, 6.45) is 0. The first-order valence-electron chi connectivity index (χ1n) is 4.67. The molecule has 90 valence electrons. The van der Waals surface area contributed by atoms with E-state index < -0.39 is 28.8 Å². The molecule has 0 aliphatic carbocycles. The molecule has 0 radical (unpaired) electrons. The highest BCUT2D eigenvalue weighted by molar-refractivity contribution is 7.87. The minimum atomic E-state index is -3.71. The second-order valence-electron chi connectivity index (χ2n) is 3.81. The van der Waals surface area contributed by atoms with Crippen molar-refractivity contribution in [1.29, 1.82) is 0 Å². The third-order valence-corrected chi connectivity index (χ3v) is 3.50. The Bertz CT molecular complexity index is 311. The smallest absolute Gasteiger partial charge is 0.318 e. The molecule has 0 saturated carbocycles. The fraction of sp³-hybridized carbons (Fsp3) is 0.875. The van der Waals surface area contributed by atoms with Crippen LogP contribution in [0, 0.1) is 0 Å². The zero-order valence-corrected chi connectivity index (χ0v) is 10.2. The van der Waals surface area contributed by atoms with E-state index in [4.69, 9.17) is 5.11 Å². The first-order chi connectivity index (χ1) is 6.66. The topological polar surface area (TPSA) is 86.7 Å². The third kappa shape index (κ3) is 5.10. The Morgan fingerprint density at radius 1 is 1.33 bits per heavy atom. The number of hydrogen-bond acceptors (Lipinski definition) is 3. The first-order valence-corrected chi connectivity index (χ1v) is 6.11. The monoisotopic (exact) mass is 238 g/mol. The Morgan fingerprint density at radius 3 is 2.07 bits per heavy atom. The fourth-order valence-corrected chi connectivity index (χ4v) is 2.61. The molecule has 0 aromatic rings. The lowest BCUT2D eigenvalue weighted by molar-refractivity contribution is -0.137. The minimum absolute atomic E-state index is 0.259. The van der Waals surface area contributed by atoms with E-state index in [2.05, 4.69) is 4.72 Å². The van der Waals surface area contributed by atoms with Crippen molar-refractivity contribution < 1.29 is 18.3 Å². The lowest BCUT2D eigenvalue weighted by atomic mass is 10.4. The average Bonchev–Trinajstić information content (AvgIpc) is 1.96. The van der Waals surface area contributed by atoms with Crippen molar-refractivity contribution in [3.63, 3.8) is 0 Å². The SMILES string of the molecule is CC(C)NS(=O)(=O)N(CC(=O)O)C(C)C. The van der Waals surface area contributed by atoms with Gasteiger partial charge >= 0.3 is 5.97 Å². The first kappa shape index (κ1) is 14.3. The van der Waals surface area contributed by atoms with Crippen molar-refractivity contribution in [2.24, 2.45) is 0 Å². The van der Waals surface area contributed by atoms with Gasteiger partial charge in [-0.25, -0.2) is 0 Å². The van der Waals surface area contributed by atoms with E-state index in [1.165, 1.54) is 0 Å². The Hall–Kier alpha value is -0.660. The summed E-state index contributed by atoms with van der Waals surface area (Å²) in [4.78, 5) is 10.5. The standard InChI is InChI=1S/C8H18N2O4S/c1-6(2)9-15(13,14)10(7(3)4)5-8(11)12/h6-7,9H,5H2,1-4H3,(H,11,12). The molecule has 0 heterocycles. The van der Waals surface area contributed by atoms with Gasteiger partial charge in [0.05, 0.1) is 0 Å². The van der Waals surface area contributed by atoms with Crippen LogP contribution in [-0.2, 0) is 15.0 Å². The molecule has 0 fully saturated rings. The summed E-state index contributed by atoms with van der Waals surface area (Å²) in [5.74, 6) is -1.17. The second-order valence-corrected chi connectivity index (χ2v) is 5.47. The van der Waals surface area contributed by atoms with Crippen LogP contribution >= 0.6 is 0 Å². The predicted molar refractivity (Wildman–Crippen MR) is 56.7 cm³/mol. The molecule has 0 rings (SSSR count). The van der Waals surface area contributed by atoms with Crippen LogP contribution in [0.4, 0.5) is 0 Å². The normalized spacial score (nSPS) is 12.7. The van der Waals surface area contributed by atoms with Gasteiger partial charge in [0.2, 0.25) is 0 Å². The molecule has 0 aliphatic heterocycles. The Kier molecular flexibility index (Phi) is 5.19. The Labute approximate surface area is 90.5 Å². The highest BCUT2D eigenvalue weighted by Gasteiger charge is 2.27. The summed E-state index contributed by atoms with van der Waals surface area (Å²) >= 11 is 0. The maximum Gasteiger partial charge on any atom is 0.318 e. The molecule has 0 unspecified atom stereocenters. The van der Waals surface area contributed by atoms with Gasteiger partial charge in [0.15, 0.2) is 0 Å². The van der Waals surface area contributed by atoms with Crippen molar-refractivity contribution in [2.75, 3.05) is 6.54 Å². The molecular formula is C8H18N2O4S. The fourth-order valence-electron chi connectivity index (χ4n) is 1.04. The van der Waals surface area contributed by atoms with Gasteiger partial charge in [-0.2, -0.15) is 17.4 Å². The number of carboxylic acids is 1. The zero-order chi connectivity index (χ0) is 12.2. The van der Waals surface area contributed by atoms with Crippen molar-refractivity contribution in [3.05, 3.63) is 0 Å².